The number of nitrogens with one attached hydrogen (secondary N) is 2. The molecule has 1 unspecified atom stereocenters. The molecule has 1 aliphatic rings. The first-order valence-electron chi connectivity index (χ1n) is 10.1. The number of anilines is 1. The molecule has 0 aliphatic carbocycles. The van der Waals surface area contributed by atoms with Crippen LogP contribution in [0.1, 0.15) is 18.9 Å². The number of rotatable bonds is 6. The maximum absolute atomic E-state index is 6.30. The second-order valence-corrected chi connectivity index (χ2v) is 7.48. The number of pyridine rings is 2. The minimum atomic E-state index is 0.278. The molecule has 0 spiro atoms. The predicted octanol–water partition coefficient (Wildman–Crippen LogP) is 2.65. The summed E-state index contributed by atoms with van der Waals surface area (Å²) >= 11 is 6.30. The lowest BCUT2D eigenvalue weighted by Gasteiger charge is -2.20. The molecule has 9 heteroatoms. The van der Waals surface area contributed by atoms with Crippen LogP contribution in [0.5, 0.6) is 0 Å². The van der Waals surface area contributed by atoms with Gasteiger partial charge in [0, 0.05) is 50.5 Å². The number of hydrogen-bond donors (Lipinski definition) is 2. The zero-order valence-electron chi connectivity index (χ0n) is 16.9. The van der Waals surface area contributed by atoms with Gasteiger partial charge in [0.15, 0.2) is 5.96 Å². The van der Waals surface area contributed by atoms with Crippen molar-refractivity contribution in [3.05, 3.63) is 66.0 Å². The first-order valence-corrected chi connectivity index (χ1v) is 10.4. The number of aliphatic imine (C=N–C) groups is 1. The van der Waals surface area contributed by atoms with E-state index in [1.807, 2.05) is 35.0 Å². The maximum Gasteiger partial charge on any atom is 0.191 e. The fourth-order valence-corrected chi connectivity index (χ4v) is 3.70. The van der Waals surface area contributed by atoms with Crippen molar-refractivity contribution >= 4 is 23.4 Å². The number of halogens is 1. The molecule has 0 aromatic carbocycles. The summed E-state index contributed by atoms with van der Waals surface area (Å²) in [5.41, 5.74) is 1.08. The van der Waals surface area contributed by atoms with E-state index in [0.29, 0.717) is 11.6 Å². The molecule has 2 N–H and O–H groups in total. The van der Waals surface area contributed by atoms with Crippen LogP contribution >= 0.6 is 11.6 Å². The third-order valence-electron chi connectivity index (χ3n) is 4.91. The van der Waals surface area contributed by atoms with E-state index < -0.39 is 0 Å². The Morgan fingerprint density at radius 1 is 1.27 bits per heavy atom. The maximum atomic E-state index is 6.30. The van der Waals surface area contributed by atoms with E-state index in [4.69, 9.17) is 16.6 Å². The van der Waals surface area contributed by atoms with Crippen molar-refractivity contribution in [3.63, 3.8) is 0 Å². The molecule has 3 aromatic rings. The minimum absolute atomic E-state index is 0.278. The largest absolute Gasteiger partial charge is 0.357 e. The zero-order chi connectivity index (χ0) is 20.8. The quantitative estimate of drug-likeness (QED) is 0.467. The summed E-state index contributed by atoms with van der Waals surface area (Å²) in [6.07, 6.45) is 9.92. The van der Waals surface area contributed by atoms with Gasteiger partial charge in [-0.2, -0.15) is 0 Å². The van der Waals surface area contributed by atoms with Crippen LogP contribution in [0.4, 0.5) is 5.82 Å². The van der Waals surface area contributed by atoms with Crippen LogP contribution in [0.25, 0.3) is 5.82 Å². The second kappa shape index (κ2) is 9.58. The van der Waals surface area contributed by atoms with Gasteiger partial charge in [-0.3, -0.25) is 4.57 Å². The molecule has 8 nitrogen and oxygen atoms in total. The Kier molecular flexibility index (Phi) is 6.44. The molecule has 1 saturated heterocycles. The number of hydrogen-bond acceptors (Lipinski definition) is 5. The van der Waals surface area contributed by atoms with E-state index in [1.54, 1.807) is 24.9 Å². The molecule has 0 saturated carbocycles. The Hall–Kier alpha value is -3.13. The van der Waals surface area contributed by atoms with Gasteiger partial charge in [0.25, 0.3) is 0 Å². The average molecular weight is 425 g/mol. The van der Waals surface area contributed by atoms with Crippen molar-refractivity contribution in [2.24, 2.45) is 4.99 Å². The number of aromatic nitrogens is 4. The lowest BCUT2D eigenvalue weighted by molar-refractivity contribution is 0.648. The molecule has 3 aromatic heterocycles. The fourth-order valence-electron chi connectivity index (χ4n) is 3.46. The van der Waals surface area contributed by atoms with Gasteiger partial charge < -0.3 is 15.5 Å². The smallest absolute Gasteiger partial charge is 0.191 e. The third kappa shape index (κ3) is 4.88. The first-order chi connectivity index (χ1) is 14.7. The van der Waals surface area contributed by atoms with E-state index >= 15 is 0 Å². The molecular weight excluding hydrogens is 400 g/mol. The molecule has 0 bridgehead atoms. The number of guanidine groups is 1. The van der Waals surface area contributed by atoms with Crippen LogP contribution in [-0.2, 0) is 6.54 Å². The molecule has 30 heavy (non-hydrogen) atoms. The third-order valence-corrected chi connectivity index (χ3v) is 5.21. The van der Waals surface area contributed by atoms with Crippen molar-refractivity contribution in [1.82, 2.24) is 30.2 Å². The van der Waals surface area contributed by atoms with Gasteiger partial charge >= 0.3 is 0 Å². The summed E-state index contributed by atoms with van der Waals surface area (Å²) in [7, 11) is 0. The van der Waals surface area contributed by atoms with Crippen LogP contribution < -0.4 is 15.5 Å². The monoisotopic (exact) mass is 424 g/mol. The average Bonchev–Trinajstić information content (AvgIpc) is 3.45. The van der Waals surface area contributed by atoms with Gasteiger partial charge in [-0.1, -0.05) is 11.6 Å². The summed E-state index contributed by atoms with van der Waals surface area (Å²) in [5, 5.41) is 7.57. The highest BCUT2D eigenvalue weighted by molar-refractivity contribution is 6.32. The van der Waals surface area contributed by atoms with Crippen LogP contribution in [0.15, 0.2) is 60.4 Å². The molecule has 4 heterocycles. The van der Waals surface area contributed by atoms with Crippen molar-refractivity contribution in [2.75, 3.05) is 24.5 Å². The van der Waals surface area contributed by atoms with Gasteiger partial charge in [0.1, 0.15) is 18.0 Å². The Balaban J connectivity index is 1.40. The van der Waals surface area contributed by atoms with E-state index in [0.717, 1.165) is 49.2 Å². The Bertz CT molecular complexity index is 988. The minimum Gasteiger partial charge on any atom is -0.357 e. The first kappa shape index (κ1) is 20.2. The Morgan fingerprint density at radius 3 is 3.00 bits per heavy atom. The summed E-state index contributed by atoms with van der Waals surface area (Å²) < 4.78 is 1.88. The van der Waals surface area contributed by atoms with Crippen LogP contribution in [0.2, 0.25) is 5.02 Å². The summed E-state index contributed by atoms with van der Waals surface area (Å²) in [5.74, 6) is 2.48. The summed E-state index contributed by atoms with van der Waals surface area (Å²) in [6.45, 7) is 5.16. The molecule has 1 fully saturated rings. The van der Waals surface area contributed by atoms with Gasteiger partial charge in [-0.25, -0.2) is 19.9 Å². The molecular formula is C21H25ClN8. The van der Waals surface area contributed by atoms with Crippen LogP contribution in [-0.4, -0.2) is 51.2 Å². The van der Waals surface area contributed by atoms with Crippen molar-refractivity contribution < 1.29 is 0 Å². The number of nitrogens with zero attached hydrogens (tertiary/aromatic N) is 6. The van der Waals surface area contributed by atoms with Gasteiger partial charge in [0.2, 0.25) is 0 Å². The Labute approximate surface area is 181 Å². The molecule has 0 radical (unpaired) electrons. The number of imidazole rings is 1. The molecule has 4 rings (SSSR count). The molecule has 0 amide bonds. The van der Waals surface area contributed by atoms with Crippen molar-refractivity contribution in [2.45, 2.75) is 25.9 Å². The molecule has 1 atom stereocenters. The highest BCUT2D eigenvalue weighted by Crippen LogP contribution is 2.25. The van der Waals surface area contributed by atoms with E-state index in [-0.39, 0.29) is 6.04 Å². The standard InChI is InChI=1S/C21H25ClN8/c1-2-24-21(27-13-16-5-8-25-19(12-16)30-11-9-23-15-30)28-17-6-10-29(14-17)20-18(22)4-3-7-26-20/h3-5,7-9,11-12,15,17H,2,6,10,13-14H2,1H3,(H2,24,27,28). The lowest BCUT2D eigenvalue weighted by Crippen LogP contribution is -2.44. The summed E-state index contributed by atoms with van der Waals surface area (Å²) in [4.78, 5) is 19.9. The Morgan fingerprint density at radius 2 is 2.20 bits per heavy atom. The van der Waals surface area contributed by atoms with Gasteiger partial charge in [-0.05, 0) is 43.2 Å². The highest BCUT2D eigenvalue weighted by atomic mass is 35.5. The molecule has 156 valence electrons. The SMILES string of the molecule is CCNC(=NCc1ccnc(-n2ccnc2)c1)NC1CCN(c2ncccc2Cl)C1. The van der Waals surface area contributed by atoms with E-state index in [2.05, 4.69) is 37.4 Å². The normalized spacial score (nSPS) is 16.7. The van der Waals surface area contributed by atoms with Crippen molar-refractivity contribution in [1.29, 1.82) is 0 Å². The van der Waals surface area contributed by atoms with Gasteiger partial charge in [0.05, 0.1) is 11.6 Å². The summed E-state index contributed by atoms with van der Waals surface area (Å²) in [6, 6.07) is 8.01. The predicted molar refractivity (Wildman–Crippen MR) is 119 cm³/mol. The van der Waals surface area contributed by atoms with E-state index in [1.165, 1.54) is 0 Å². The van der Waals surface area contributed by atoms with E-state index in [9.17, 15) is 0 Å². The zero-order valence-corrected chi connectivity index (χ0v) is 17.6. The highest BCUT2D eigenvalue weighted by Gasteiger charge is 2.25. The lowest BCUT2D eigenvalue weighted by atomic mass is 10.2. The van der Waals surface area contributed by atoms with Crippen molar-refractivity contribution in [3.8, 4) is 5.82 Å². The van der Waals surface area contributed by atoms with Crippen LogP contribution in [0.3, 0.4) is 0 Å². The second-order valence-electron chi connectivity index (χ2n) is 7.07. The fraction of sp³-hybridized carbons (Fsp3) is 0.333. The molecule has 1 aliphatic heterocycles. The topological polar surface area (TPSA) is 83.3 Å². The van der Waals surface area contributed by atoms with Gasteiger partial charge in [-0.15, -0.1) is 0 Å². The van der Waals surface area contributed by atoms with Crippen LogP contribution in [0, 0.1) is 0 Å².